The Morgan fingerprint density at radius 3 is 2.68 bits per heavy atom. The Bertz CT molecular complexity index is 971. The highest BCUT2D eigenvalue weighted by atomic mass is 35.5. The summed E-state index contributed by atoms with van der Waals surface area (Å²) in [4.78, 5) is 15.4. The molecule has 0 unspecified atom stereocenters. The number of fused-ring (bicyclic) bond motifs is 1. The Hall–Kier alpha value is -2.18. The van der Waals surface area contributed by atoms with Gasteiger partial charge in [-0.2, -0.15) is 4.98 Å². The highest BCUT2D eigenvalue weighted by Gasteiger charge is 2.37. The monoisotopic (exact) mass is 355 g/mol. The van der Waals surface area contributed by atoms with Gasteiger partial charge in [0.15, 0.2) is 5.65 Å². The van der Waals surface area contributed by atoms with Crippen LogP contribution < -0.4 is 4.90 Å². The molecule has 1 aliphatic carbocycles. The van der Waals surface area contributed by atoms with Crippen LogP contribution in [0, 0.1) is 0 Å². The Morgan fingerprint density at radius 2 is 1.96 bits per heavy atom. The number of aliphatic hydroxyl groups is 1. The summed E-state index contributed by atoms with van der Waals surface area (Å²) in [6.07, 6.45) is 4.14. The molecule has 0 radical (unpaired) electrons. The Labute approximate surface area is 150 Å². The first-order valence-corrected chi connectivity index (χ1v) is 8.87. The van der Waals surface area contributed by atoms with Gasteiger partial charge in [0.25, 0.3) is 0 Å². The van der Waals surface area contributed by atoms with E-state index in [-0.39, 0.29) is 5.28 Å². The molecule has 1 saturated heterocycles. The molecule has 1 saturated carbocycles. The third kappa shape index (κ3) is 2.56. The van der Waals surface area contributed by atoms with Gasteiger partial charge in [0, 0.05) is 30.4 Å². The topological polar surface area (TPSA) is 67.1 Å². The van der Waals surface area contributed by atoms with Crippen LogP contribution in [0.2, 0.25) is 5.28 Å². The molecule has 2 aliphatic rings. The minimum Gasteiger partial charge on any atom is -0.386 e. The van der Waals surface area contributed by atoms with E-state index in [0.717, 1.165) is 22.7 Å². The normalized spacial score (nSPS) is 19.2. The van der Waals surface area contributed by atoms with Gasteiger partial charge in [0.2, 0.25) is 5.28 Å². The summed E-state index contributed by atoms with van der Waals surface area (Å²) < 4.78 is 2.10. The number of β-amino-alcohol motifs (C(OH)–C–C–N with tert-alkyl or cyclic N) is 1. The maximum Gasteiger partial charge on any atom is 0.224 e. The maximum absolute atomic E-state index is 9.99. The quantitative estimate of drug-likeness (QED) is 0.732. The summed E-state index contributed by atoms with van der Waals surface area (Å²) in [5, 5.41) is 11.2. The zero-order chi connectivity index (χ0) is 17.2. The van der Waals surface area contributed by atoms with Crippen molar-refractivity contribution in [3.8, 4) is 5.82 Å². The summed E-state index contributed by atoms with van der Waals surface area (Å²) in [5.41, 5.74) is 1.38. The van der Waals surface area contributed by atoms with Gasteiger partial charge >= 0.3 is 0 Å². The van der Waals surface area contributed by atoms with Gasteiger partial charge in [0.05, 0.1) is 5.60 Å². The first kappa shape index (κ1) is 15.1. The second kappa shape index (κ2) is 5.16. The fourth-order valence-corrected chi connectivity index (χ4v) is 3.69. The summed E-state index contributed by atoms with van der Waals surface area (Å²) in [7, 11) is 0. The number of hydrogen-bond acceptors (Lipinski definition) is 5. The van der Waals surface area contributed by atoms with Crippen LogP contribution in [-0.2, 0) is 0 Å². The first-order valence-electron chi connectivity index (χ1n) is 8.49. The van der Waals surface area contributed by atoms with Crippen LogP contribution in [0.4, 0.5) is 5.82 Å². The van der Waals surface area contributed by atoms with Crippen molar-refractivity contribution in [2.75, 3.05) is 18.0 Å². The lowest BCUT2D eigenvalue weighted by atomic mass is 9.97. The predicted octanol–water partition coefficient (Wildman–Crippen LogP) is 2.92. The maximum atomic E-state index is 9.99. The van der Waals surface area contributed by atoms with Crippen molar-refractivity contribution >= 4 is 28.5 Å². The molecule has 0 amide bonds. The van der Waals surface area contributed by atoms with Crippen molar-refractivity contribution < 1.29 is 5.11 Å². The van der Waals surface area contributed by atoms with E-state index in [9.17, 15) is 5.11 Å². The molecule has 128 valence electrons. The van der Waals surface area contributed by atoms with E-state index in [2.05, 4.69) is 25.5 Å². The molecule has 1 aliphatic heterocycles. The SMILES string of the molecule is CC1(O)CN(c2cccc(-n3c(C4CC4)cc4cnc(Cl)nc43)n2)C1. The zero-order valence-corrected chi connectivity index (χ0v) is 14.6. The molecular weight excluding hydrogens is 338 g/mol. The molecular formula is C18H18ClN5O. The Kier molecular flexibility index (Phi) is 3.12. The van der Waals surface area contributed by atoms with Crippen molar-refractivity contribution in [3.05, 3.63) is 41.4 Å². The number of rotatable bonds is 3. The first-order chi connectivity index (χ1) is 12.0. The highest BCUT2D eigenvalue weighted by molar-refractivity contribution is 6.28. The molecule has 4 heterocycles. The third-order valence-electron chi connectivity index (χ3n) is 4.87. The smallest absolute Gasteiger partial charge is 0.224 e. The molecule has 0 spiro atoms. The van der Waals surface area contributed by atoms with E-state index in [4.69, 9.17) is 16.6 Å². The molecule has 6 nitrogen and oxygen atoms in total. The molecule has 0 atom stereocenters. The highest BCUT2D eigenvalue weighted by Crippen LogP contribution is 2.43. The summed E-state index contributed by atoms with van der Waals surface area (Å²) in [5.74, 6) is 2.24. The Balaban J connectivity index is 1.63. The minimum atomic E-state index is -0.627. The van der Waals surface area contributed by atoms with E-state index in [1.165, 1.54) is 18.5 Å². The van der Waals surface area contributed by atoms with E-state index in [0.29, 0.717) is 19.0 Å². The fourth-order valence-electron chi connectivity index (χ4n) is 3.56. The van der Waals surface area contributed by atoms with Gasteiger partial charge in [-0.3, -0.25) is 4.57 Å². The molecule has 5 rings (SSSR count). The number of halogens is 1. The zero-order valence-electron chi connectivity index (χ0n) is 13.9. The lowest BCUT2D eigenvalue weighted by Crippen LogP contribution is -2.60. The molecule has 1 N–H and O–H groups in total. The predicted molar refractivity (Wildman–Crippen MR) is 96.5 cm³/mol. The van der Waals surface area contributed by atoms with Gasteiger partial charge in [-0.1, -0.05) is 6.07 Å². The van der Waals surface area contributed by atoms with Crippen molar-refractivity contribution in [1.29, 1.82) is 0 Å². The number of nitrogens with zero attached hydrogens (tertiary/aromatic N) is 5. The summed E-state index contributed by atoms with van der Waals surface area (Å²) in [6, 6.07) is 8.11. The van der Waals surface area contributed by atoms with Crippen molar-refractivity contribution in [3.63, 3.8) is 0 Å². The van der Waals surface area contributed by atoms with Gasteiger partial charge < -0.3 is 10.0 Å². The van der Waals surface area contributed by atoms with Gasteiger partial charge in [0.1, 0.15) is 11.6 Å². The second-order valence-corrected chi connectivity index (χ2v) is 7.64. The number of aromatic nitrogens is 4. The lowest BCUT2D eigenvalue weighted by Gasteiger charge is -2.45. The molecule has 0 bridgehead atoms. The van der Waals surface area contributed by atoms with E-state index in [1.54, 1.807) is 6.20 Å². The third-order valence-corrected chi connectivity index (χ3v) is 5.05. The molecule has 25 heavy (non-hydrogen) atoms. The number of pyridine rings is 1. The van der Waals surface area contributed by atoms with E-state index in [1.807, 2.05) is 25.1 Å². The van der Waals surface area contributed by atoms with E-state index >= 15 is 0 Å². The average Bonchev–Trinajstić information content (AvgIpc) is 3.33. The van der Waals surface area contributed by atoms with Crippen LogP contribution in [0.3, 0.4) is 0 Å². The average molecular weight is 356 g/mol. The molecule has 0 aromatic carbocycles. The molecule has 7 heteroatoms. The van der Waals surface area contributed by atoms with Crippen molar-refractivity contribution in [2.45, 2.75) is 31.3 Å². The second-order valence-electron chi connectivity index (χ2n) is 7.30. The number of hydrogen-bond donors (Lipinski definition) is 1. The van der Waals surface area contributed by atoms with E-state index < -0.39 is 5.60 Å². The minimum absolute atomic E-state index is 0.240. The van der Waals surface area contributed by atoms with Crippen LogP contribution in [0.1, 0.15) is 31.4 Å². The van der Waals surface area contributed by atoms with Crippen molar-refractivity contribution in [1.82, 2.24) is 19.5 Å². The Morgan fingerprint density at radius 1 is 1.20 bits per heavy atom. The van der Waals surface area contributed by atoms with Crippen LogP contribution in [0.15, 0.2) is 30.5 Å². The summed E-state index contributed by atoms with van der Waals surface area (Å²) in [6.45, 7) is 3.04. The van der Waals surface area contributed by atoms with Crippen molar-refractivity contribution in [2.24, 2.45) is 0 Å². The summed E-state index contributed by atoms with van der Waals surface area (Å²) >= 11 is 6.04. The standard InChI is InChI=1S/C18H18ClN5O/c1-18(25)9-23(10-18)14-3-2-4-15(21-14)24-13(11-5-6-11)7-12-8-20-17(19)22-16(12)24/h2-4,7-8,11,25H,5-6,9-10H2,1H3. The van der Waals surface area contributed by atoms with Crippen LogP contribution in [0.25, 0.3) is 16.9 Å². The fraction of sp³-hybridized carbons (Fsp3) is 0.389. The lowest BCUT2D eigenvalue weighted by molar-refractivity contribution is 0.0305. The van der Waals surface area contributed by atoms with Crippen LogP contribution in [0.5, 0.6) is 0 Å². The molecule has 3 aromatic heterocycles. The molecule has 3 aromatic rings. The van der Waals surface area contributed by atoms with Gasteiger partial charge in [-0.05, 0) is 55.5 Å². The largest absolute Gasteiger partial charge is 0.386 e. The molecule has 2 fully saturated rings. The van der Waals surface area contributed by atoms with Crippen LogP contribution >= 0.6 is 11.6 Å². The number of anilines is 1. The van der Waals surface area contributed by atoms with Gasteiger partial charge in [-0.25, -0.2) is 9.97 Å². The van der Waals surface area contributed by atoms with Crippen LogP contribution in [-0.4, -0.2) is 43.3 Å². The van der Waals surface area contributed by atoms with Gasteiger partial charge in [-0.15, -0.1) is 0 Å².